The van der Waals surface area contributed by atoms with E-state index < -0.39 is 0 Å². The van der Waals surface area contributed by atoms with Gasteiger partial charge in [-0.3, -0.25) is 0 Å². The van der Waals surface area contributed by atoms with E-state index in [0.29, 0.717) is 5.76 Å². The lowest BCUT2D eigenvalue weighted by Crippen LogP contribution is -1.40. The largest absolute Gasteiger partial charge is 0.512 e. The number of hydrogen-bond donors (Lipinski definition) is 1. The fourth-order valence-corrected chi connectivity index (χ4v) is 0.207. The Morgan fingerprint density at radius 3 is 2.00 bits per heavy atom. The van der Waals surface area contributed by atoms with Crippen molar-refractivity contribution < 1.29 is 5.11 Å². The predicted octanol–water partition coefficient (Wildman–Crippen LogP) is 1.22. The quantitative estimate of drug-likeness (QED) is 0.454. The molecule has 0 radical (unpaired) electrons. The first-order valence-corrected chi connectivity index (χ1v) is 1.68. The van der Waals surface area contributed by atoms with Crippen molar-refractivity contribution in [3.63, 3.8) is 0 Å². The molecule has 0 aromatic carbocycles. The van der Waals surface area contributed by atoms with Crippen molar-refractivity contribution in [3.8, 4) is 0 Å². The molecule has 0 fully saturated rings. The SMILES string of the molecule is CC1=C(O)C1. The summed E-state index contributed by atoms with van der Waals surface area (Å²) in [4.78, 5) is 0. The van der Waals surface area contributed by atoms with Crippen molar-refractivity contribution in [2.45, 2.75) is 13.3 Å². The lowest BCUT2D eigenvalue weighted by molar-refractivity contribution is 0.435. The topological polar surface area (TPSA) is 20.2 Å². The van der Waals surface area contributed by atoms with Gasteiger partial charge in [-0.2, -0.15) is 0 Å². The monoisotopic (exact) mass is 70.0 g/mol. The highest BCUT2D eigenvalue weighted by Gasteiger charge is 2.12. The summed E-state index contributed by atoms with van der Waals surface area (Å²) in [5, 5.41) is 8.31. The van der Waals surface area contributed by atoms with Crippen LogP contribution in [0.4, 0.5) is 0 Å². The van der Waals surface area contributed by atoms with Crippen molar-refractivity contribution in [1.29, 1.82) is 0 Å². The number of aliphatic hydroxyl groups excluding tert-OH is 1. The zero-order valence-electron chi connectivity index (χ0n) is 3.15. The van der Waals surface area contributed by atoms with E-state index in [1.165, 1.54) is 0 Å². The average molecular weight is 70.1 g/mol. The van der Waals surface area contributed by atoms with E-state index in [0.717, 1.165) is 12.0 Å². The van der Waals surface area contributed by atoms with Gasteiger partial charge in [0.2, 0.25) is 0 Å². The summed E-state index contributed by atoms with van der Waals surface area (Å²) in [6.07, 6.45) is 0.861. The van der Waals surface area contributed by atoms with Gasteiger partial charge in [-0.1, -0.05) is 0 Å². The number of rotatable bonds is 0. The van der Waals surface area contributed by atoms with Gasteiger partial charge in [0.15, 0.2) is 0 Å². The molecule has 0 atom stereocenters. The molecule has 1 aliphatic rings. The Morgan fingerprint density at radius 1 is 1.80 bits per heavy atom. The fraction of sp³-hybridized carbons (Fsp3) is 0.500. The minimum Gasteiger partial charge on any atom is -0.512 e. The van der Waals surface area contributed by atoms with Crippen molar-refractivity contribution in [1.82, 2.24) is 0 Å². The maximum Gasteiger partial charge on any atom is 0.0957 e. The van der Waals surface area contributed by atoms with Crippen LogP contribution in [0.5, 0.6) is 0 Å². The highest BCUT2D eigenvalue weighted by Crippen LogP contribution is 2.25. The van der Waals surface area contributed by atoms with Crippen LogP contribution in [0, 0.1) is 0 Å². The number of hydrogen-bond acceptors (Lipinski definition) is 1. The smallest absolute Gasteiger partial charge is 0.0957 e. The summed E-state index contributed by atoms with van der Waals surface area (Å²) in [6, 6.07) is 0. The van der Waals surface area contributed by atoms with E-state index in [9.17, 15) is 0 Å². The summed E-state index contributed by atoms with van der Waals surface area (Å²) in [5.41, 5.74) is 1.14. The summed E-state index contributed by atoms with van der Waals surface area (Å²) in [6.45, 7) is 1.93. The standard InChI is InChI=1S/C4H6O/c1-3-2-4(3)5/h5H,2H2,1H3. The van der Waals surface area contributed by atoms with Gasteiger partial charge in [0.05, 0.1) is 5.76 Å². The molecule has 0 amide bonds. The minimum atomic E-state index is 0.588. The molecular formula is C4H6O. The zero-order chi connectivity index (χ0) is 3.86. The molecule has 0 unspecified atom stereocenters. The van der Waals surface area contributed by atoms with Gasteiger partial charge >= 0.3 is 0 Å². The van der Waals surface area contributed by atoms with Gasteiger partial charge in [0, 0.05) is 6.42 Å². The molecule has 0 spiro atoms. The molecule has 0 aromatic heterocycles. The maximum atomic E-state index is 8.31. The zero-order valence-corrected chi connectivity index (χ0v) is 3.15. The van der Waals surface area contributed by atoms with Crippen molar-refractivity contribution in [2.24, 2.45) is 0 Å². The van der Waals surface area contributed by atoms with E-state index >= 15 is 0 Å². The molecule has 0 heterocycles. The van der Waals surface area contributed by atoms with Crippen LogP contribution in [0.1, 0.15) is 13.3 Å². The van der Waals surface area contributed by atoms with Crippen LogP contribution >= 0.6 is 0 Å². The Bertz CT molecular complexity index is 71.6. The van der Waals surface area contributed by atoms with Crippen LogP contribution in [-0.4, -0.2) is 5.11 Å². The third kappa shape index (κ3) is 0.274. The molecule has 0 aromatic rings. The van der Waals surface area contributed by atoms with Gasteiger partial charge in [-0.15, -0.1) is 0 Å². The Morgan fingerprint density at radius 2 is 2.00 bits per heavy atom. The van der Waals surface area contributed by atoms with Gasteiger partial charge in [-0.05, 0) is 12.5 Å². The van der Waals surface area contributed by atoms with Crippen LogP contribution in [-0.2, 0) is 0 Å². The predicted molar refractivity (Wildman–Crippen MR) is 19.9 cm³/mol. The highest BCUT2D eigenvalue weighted by atomic mass is 16.3. The lowest BCUT2D eigenvalue weighted by atomic mass is 10.6. The summed E-state index contributed by atoms with van der Waals surface area (Å²) in [7, 11) is 0. The number of allylic oxidation sites excluding steroid dienone is 2. The Hall–Kier alpha value is -0.460. The molecule has 1 aliphatic carbocycles. The molecule has 1 nitrogen and oxygen atoms in total. The van der Waals surface area contributed by atoms with Gasteiger partial charge in [0.1, 0.15) is 0 Å². The lowest BCUT2D eigenvalue weighted by Gasteiger charge is -1.54. The minimum absolute atomic E-state index is 0.588. The van der Waals surface area contributed by atoms with E-state index in [1.807, 2.05) is 6.92 Å². The molecule has 0 saturated carbocycles. The van der Waals surface area contributed by atoms with Crippen LogP contribution in [0.25, 0.3) is 0 Å². The molecule has 28 valence electrons. The second kappa shape index (κ2) is 0.534. The van der Waals surface area contributed by atoms with E-state index in [4.69, 9.17) is 5.11 Å². The van der Waals surface area contributed by atoms with Crippen LogP contribution in [0.3, 0.4) is 0 Å². The molecular weight excluding hydrogens is 64.0 g/mol. The Labute approximate surface area is 30.9 Å². The third-order valence-corrected chi connectivity index (χ3v) is 0.800. The molecule has 0 saturated heterocycles. The average Bonchev–Trinajstić information content (AvgIpc) is 1.79. The summed E-state index contributed by atoms with van der Waals surface area (Å²) in [5.74, 6) is 0.588. The first-order chi connectivity index (χ1) is 2.30. The number of aliphatic hydroxyl groups is 1. The van der Waals surface area contributed by atoms with Crippen LogP contribution < -0.4 is 0 Å². The van der Waals surface area contributed by atoms with E-state index in [-0.39, 0.29) is 0 Å². The Kier molecular flexibility index (Phi) is 0.295. The second-order valence-corrected chi connectivity index (χ2v) is 1.40. The molecule has 0 aliphatic heterocycles. The fourth-order valence-electron chi connectivity index (χ4n) is 0.207. The molecule has 1 N–H and O–H groups in total. The van der Waals surface area contributed by atoms with Gasteiger partial charge in [0.25, 0.3) is 0 Å². The van der Waals surface area contributed by atoms with Crippen molar-refractivity contribution >= 4 is 0 Å². The third-order valence-electron chi connectivity index (χ3n) is 0.800. The molecule has 0 bridgehead atoms. The van der Waals surface area contributed by atoms with Crippen LogP contribution in [0.15, 0.2) is 11.3 Å². The van der Waals surface area contributed by atoms with Crippen molar-refractivity contribution in [2.75, 3.05) is 0 Å². The maximum absolute atomic E-state index is 8.31. The molecule has 1 rings (SSSR count). The normalized spacial score (nSPS) is 20.2. The van der Waals surface area contributed by atoms with E-state index in [1.54, 1.807) is 0 Å². The molecule has 1 heteroatoms. The Balaban J connectivity index is 2.59. The second-order valence-electron chi connectivity index (χ2n) is 1.40. The van der Waals surface area contributed by atoms with Gasteiger partial charge in [-0.25, -0.2) is 0 Å². The van der Waals surface area contributed by atoms with Crippen LogP contribution in [0.2, 0.25) is 0 Å². The summed E-state index contributed by atoms with van der Waals surface area (Å²) < 4.78 is 0. The summed E-state index contributed by atoms with van der Waals surface area (Å²) >= 11 is 0. The first-order valence-electron chi connectivity index (χ1n) is 1.68. The highest BCUT2D eigenvalue weighted by molar-refractivity contribution is 5.25. The van der Waals surface area contributed by atoms with Crippen molar-refractivity contribution in [3.05, 3.63) is 11.3 Å². The van der Waals surface area contributed by atoms with Gasteiger partial charge < -0.3 is 5.11 Å². The first kappa shape index (κ1) is 2.76. The van der Waals surface area contributed by atoms with E-state index in [2.05, 4.69) is 0 Å². The molecule has 5 heavy (non-hydrogen) atoms.